The number of methoxy groups -OCH3 is 1. The van der Waals surface area contributed by atoms with E-state index in [0.717, 1.165) is 15.8 Å². The van der Waals surface area contributed by atoms with Gasteiger partial charge in [0.1, 0.15) is 11.5 Å². The van der Waals surface area contributed by atoms with Gasteiger partial charge in [-0.25, -0.2) is 0 Å². The van der Waals surface area contributed by atoms with Gasteiger partial charge in [-0.2, -0.15) is 8.78 Å². The zero-order valence-electron chi connectivity index (χ0n) is 13.7. The first kappa shape index (κ1) is 18.4. The highest BCUT2D eigenvalue weighted by atomic mass is 32.2. The van der Waals surface area contributed by atoms with Crippen LogP contribution in [-0.2, 0) is 5.75 Å². The summed E-state index contributed by atoms with van der Waals surface area (Å²) in [5.74, 6) is 1.41. The molecule has 2 aromatic carbocycles. The van der Waals surface area contributed by atoms with E-state index in [9.17, 15) is 8.78 Å². The van der Waals surface area contributed by atoms with Crippen molar-refractivity contribution in [1.29, 1.82) is 0 Å². The Kier molecular flexibility index (Phi) is 6.24. The van der Waals surface area contributed by atoms with Crippen molar-refractivity contribution in [3.05, 3.63) is 54.1 Å². The van der Waals surface area contributed by atoms with Crippen molar-refractivity contribution in [1.82, 2.24) is 10.2 Å². The standard InChI is InChI=1S/C17H15F2N3O2S2/c1-23-13-8-6-12(7-9-13)20-16-21-22-17(26-16)25-10-11-4-2-3-5-14(11)24-15(18)19/h2-9,15H,10H2,1H3,(H,20,21). The third kappa shape index (κ3) is 5.06. The van der Waals surface area contributed by atoms with Gasteiger partial charge >= 0.3 is 6.61 Å². The molecule has 1 aromatic heterocycles. The number of alkyl halides is 2. The summed E-state index contributed by atoms with van der Waals surface area (Å²) in [6.07, 6.45) is 0. The van der Waals surface area contributed by atoms with Gasteiger partial charge in [0.05, 0.1) is 7.11 Å². The summed E-state index contributed by atoms with van der Waals surface area (Å²) in [5.41, 5.74) is 1.55. The van der Waals surface area contributed by atoms with E-state index >= 15 is 0 Å². The highest BCUT2D eigenvalue weighted by Crippen LogP contribution is 2.32. The van der Waals surface area contributed by atoms with Crippen LogP contribution < -0.4 is 14.8 Å². The maximum absolute atomic E-state index is 12.5. The van der Waals surface area contributed by atoms with Gasteiger partial charge in [-0.05, 0) is 30.3 Å². The first-order chi connectivity index (χ1) is 12.6. The molecule has 3 rings (SSSR count). The number of halogens is 2. The zero-order chi connectivity index (χ0) is 18.4. The predicted molar refractivity (Wildman–Crippen MR) is 98.8 cm³/mol. The number of ether oxygens (including phenoxy) is 2. The highest BCUT2D eigenvalue weighted by Gasteiger charge is 2.11. The number of nitrogens with zero attached hydrogens (tertiary/aromatic N) is 2. The SMILES string of the molecule is COc1ccc(Nc2nnc(SCc3ccccc3OC(F)F)s2)cc1. The third-order valence-corrected chi connectivity index (χ3v) is 5.31. The Morgan fingerprint density at radius 1 is 1.12 bits per heavy atom. The van der Waals surface area contributed by atoms with Crippen LogP contribution in [0.1, 0.15) is 5.56 Å². The highest BCUT2D eigenvalue weighted by molar-refractivity contribution is 8.00. The van der Waals surface area contributed by atoms with Crippen molar-refractivity contribution in [3.63, 3.8) is 0 Å². The van der Waals surface area contributed by atoms with Crippen LogP contribution >= 0.6 is 23.1 Å². The Labute approximate surface area is 157 Å². The van der Waals surface area contributed by atoms with Crippen molar-refractivity contribution in [2.75, 3.05) is 12.4 Å². The van der Waals surface area contributed by atoms with Crippen LogP contribution in [0.2, 0.25) is 0 Å². The van der Waals surface area contributed by atoms with E-state index in [0.29, 0.717) is 16.4 Å². The molecule has 0 aliphatic heterocycles. The quantitative estimate of drug-likeness (QED) is 0.530. The Bertz CT molecular complexity index is 844. The molecule has 0 aliphatic rings. The number of benzene rings is 2. The van der Waals surface area contributed by atoms with Gasteiger partial charge in [0.2, 0.25) is 5.13 Å². The lowest BCUT2D eigenvalue weighted by Gasteiger charge is -2.09. The van der Waals surface area contributed by atoms with E-state index in [1.807, 2.05) is 24.3 Å². The van der Waals surface area contributed by atoms with Crippen LogP contribution in [0.15, 0.2) is 52.9 Å². The summed E-state index contributed by atoms with van der Waals surface area (Å²) in [5, 5.41) is 12.0. The zero-order valence-corrected chi connectivity index (χ0v) is 15.3. The molecular formula is C17H15F2N3O2S2. The number of rotatable bonds is 8. The van der Waals surface area contributed by atoms with E-state index in [1.165, 1.54) is 29.2 Å². The second-order valence-corrected chi connectivity index (χ2v) is 7.20. The van der Waals surface area contributed by atoms with Gasteiger partial charge in [0.15, 0.2) is 4.34 Å². The summed E-state index contributed by atoms with van der Waals surface area (Å²) in [6, 6.07) is 14.2. The number of aromatic nitrogens is 2. The minimum absolute atomic E-state index is 0.177. The van der Waals surface area contributed by atoms with E-state index in [1.54, 1.807) is 25.3 Å². The average molecular weight is 395 g/mol. The summed E-state index contributed by atoms with van der Waals surface area (Å²) < 4.78 is 35.3. The smallest absolute Gasteiger partial charge is 0.387 e. The predicted octanol–water partition coefficient (Wildman–Crippen LogP) is 5.18. The van der Waals surface area contributed by atoms with Crippen LogP contribution in [0.3, 0.4) is 0 Å². The third-order valence-electron chi connectivity index (χ3n) is 3.29. The normalized spacial score (nSPS) is 10.8. The molecule has 0 atom stereocenters. The summed E-state index contributed by atoms with van der Waals surface area (Å²) in [4.78, 5) is 0. The number of nitrogens with one attached hydrogen (secondary N) is 1. The van der Waals surface area contributed by atoms with Crippen molar-refractivity contribution in [3.8, 4) is 11.5 Å². The van der Waals surface area contributed by atoms with Crippen molar-refractivity contribution < 1.29 is 18.3 Å². The molecule has 0 fully saturated rings. The van der Waals surface area contributed by atoms with Gasteiger partial charge in [0.25, 0.3) is 0 Å². The number of para-hydroxylation sites is 1. The molecule has 5 nitrogen and oxygen atoms in total. The lowest BCUT2D eigenvalue weighted by atomic mass is 10.2. The topological polar surface area (TPSA) is 56.3 Å². The van der Waals surface area contributed by atoms with Crippen LogP contribution in [0, 0.1) is 0 Å². The van der Waals surface area contributed by atoms with Gasteiger partial charge in [-0.3, -0.25) is 0 Å². The Morgan fingerprint density at radius 3 is 2.62 bits per heavy atom. The van der Waals surface area contributed by atoms with Crippen LogP contribution in [0.25, 0.3) is 0 Å². The number of hydrogen-bond acceptors (Lipinski definition) is 7. The van der Waals surface area contributed by atoms with E-state index in [2.05, 4.69) is 20.3 Å². The fraction of sp³-hybridized carbons (Fsp3) is 0.176. The lowest BCUT2D eigenvalue weighted by molar-refractivity contribution is -0.0503. The van der Waals surface area contributed by atoms with Crippen molar-refractivity contribution in [2.45, 2.75) is 16.7 Å². The molecule has 0 amide bonds. The first-order valence-corrected chi connectivity index (χ1v) is 9.34. The van der Waals surface area contributed by atoms with Crippen LogP contribution in [0.5, 0.6) is 11.5 Å². The molecule has 0 spiro atoms. The molecule has 136 valence electrons. The molecule has 0 saturated heterocycles. The molecule has 0 saturated carbocycles. The van der Waals surface area contributed by atoms with Gasteiger partial charge in [-0.15, -0.1) is 10.2 Å². The molecule has 3 aromatic rings. The lowest BCUT2D eigenvalue weighted by Crippen LogP contribution is -2.03. The van der Waals surface area contributed by atoms with Crippen LogP contribution in [0.4, 0.5) is 19.6 Å². The molecule has 0 aliphatic carbocycles. The van der Waals surface area contributed by atoms with Gasteiger partial charge in [-0.1, -0.05) is 41.3 Å². The van der Waals surface area contributed by atoms with E-state index in [-0.39, 0.29) is 5.75 Å². The molecule has 0 unspecified atom stereocenters. The second-order valence-electron chi connectivity index (χ2n) is 5.00. The second kappa shape index (κ2) is 8.81. The number of anilines is 2. The fourth-order valence-corrected chi connectivity index (χ4v) is 3.85. The largest absolute Gasteiger partial charge is 0.497 e. The first-order valence-electron chi connectivity index (χ1n) is 7.54. The van der Waals surface area contributed by atoms with E-state index in [4.69, 9.17) is 4.74 Å². The minimum atomic E-state index is -2.84. The Balaban J connectivity index is 1.60. The van der Waals surface area contributed by atoms with Gasteiger partial charge < -0.3 is 14.8 Å². The number of hydrogen-bond donors (Lipinski definition) is 1. The summed E-state index contributed by atoms with van der Waals surface area (Å²) >= 11 is 2.80. The molecule has 9 heteroatoms. The Morgan fingerprint density at radius 2 is 1.88 bits per heavy atom. The summed E-state index contributed by atoms with van der Waals surface area (Å²) in [6.45, 7) is -2.84. The molecular weight excluding hydrogens is 380 g/mol. The van der Waals surface area contributed by atoms with Crippen molar-refractivity contribution in [2.24, 2.45) is 0 Å². The minimum Gasteiger partial charge on any atom is -0.497 e. The maximum atomic E-state index is 12.5. The average Bonchev–Trinajstić information content (AvgIpc) is 3.08. The van der Waals surface area contributed by atoms with Crippen LogP contribution in [-0.4, -0.2) is 23.9 Å². The molecule has 1 N–H and O–H groups in total. The monoisotopic (exact) mass is 395 g/mol. The number of thioether (sulfide) groups is 1. The summed E-state index contributed by atoms with van der Waals surface area (Å²) in [7, 11) is 1.61. The molecule has 0 bridgehead atoms. The maximum Gasteiger partial charge on any atom is 0.387 e. The molecule has 1 heterocycles. The van der Waals surface area contributed by atoms with Crippen molar-refractivity contribution >= 4 is 33.9 Å². The molecule has 26 heavy (non-hydrogen) atoms. The van der Waals surface area contributed by atoms with Gasteiger partial charge in [0, 0.05) is 17.0 Å². The van der Waals surface area contributed by atoms with E-state index < -0.39 is 6.61 Å². The fourth-order valence-electron chi connectivity index (χ4n) is 2.09. The molecule has 0 radical (unpaired) electrons. The Hall–Kier alpha value is -2.39.